The smallest absolute Gasteiger partial charge is 0.261 e. The Hall–Kier alpha value is -3.63. The molecule has 0 aliphatic carbocycles. The van der Waals surface area contributed by atoms with Crippen LogP contribution < -0.4 is 10.7 Å². The lowest BCUT2D eigenvalue weighted by Gasteiger charge is -2.22. The van der Waals surface area contributed by atoms with E-state index in [1.54, 1.807) is 6.07 Å². The Morgan fingerprint density at radius 1 is 0.912 bits per heavy atom. The van der Waals surface area contributed by atoms with Gasteiger partial charge in [-0.25, -0.2) is 0 Å². The lowest BCUT2D eigenvalue weighted by Crippen LogP contribution is -2.27. The molecular weight excluding hydrogens is 444 g/mol. The van der Waals surface area contributed by atoms with Crippen molar-refractivity contribution < 1.29 is 4.79 Å². The molecule has 0 atom stereocenters. The number of hydrogen-bond acceptors (Lipinski definition) is 2. The number of nitrogens with one attached hydrogen (secondary N) is 1. The highest BCUT2D eigenvalue weighted by Crippen LogP contribution is 2.31. The van der Waals surface area contributed by atoms with Crippen molar-refractivity contribution in [1.82, 2.24) is 4.57 Å². The Balaban J connectivity index is 2.02. The van der Waals surface area contributed by atoms with Crippen molar-refractivity contribution in [1.29, 1.82) is 0 Å². The summed E-state index contributed by atoms with van der Waals surface area (Å²) in [6.07, 6.45) is 0.766. The van der Waals surface area contributed by atoms with E-state index in [9.17, 15) is 9.59 Å². The molecule has 3 aromatic carbocycles. The van der Waals surface area contributed by atoms with Crippen molar-refractivity contribution in [2.75, 3.05) is 5.32 Å². The van der Waals surface area contributed by atoms with Crippen molar-refractivity contribution in [2.24, 2.45) is 0 Å². The number of nitrogens with zero attached hydrogens (tertiary/aromatic N) is 1. The Morgan fingerprint density at radius 2 is 1.62 bits per heavy atom. The van der Waals surface area contributed by atoms with Crippen LogP contribution in [0.15, 0.2) is 77.6 Å². The summed E-state index contributed by atoms with van der Waals surface area (Å²) in [4.78, 5) is 27.1. The van der Waals surface area contributed by atoms with Gasteiger partial charge in [0.2, 0.25) is 0 Å². The van der Waals surface area contributed by atoms with Crippen LogP contribution in [0.1, 0.15) is 39.7 Å². The number of anilines is 1. The maximum absolute atomic E-state index is 13.8. The third-order valence-electron chi connectivity index (χ3n) is 6.07. The van der Waals surface area contributed by atoms with E-state index in [0.29, 0.717) is 16.4 Å². The molecule has 1 N–H and O–H groups in total. The van der Waals surface area contributed by atoms with Gasteiger partial charge in [0.15, 0.2) is 5.43 Å². The zero-order valence-corrected chi connectivity index (χ0v) is 20.5. The summed E-state index contributed by atoms with van der Waals surface area (Å²) in [5.41, 5.74) is 6.32. The fourth-order valence-electron chi connectivity index (χ4n) is 4.37. The number of carbonyl (C=O) groups excluding carboxylic acids is 1. The molecule has 0 unspecified atom stereocenters. The van der Waals surface area contributed by atoms with Crippen LogP contribution in [0.25, 0.3) is 16.9 Å². The summed E-state index contributed by atoms with van der Waals surface area (Å²) in [6.45, 7) is 7.84. The van der Waals surface area contributed by atoms with Crippen LogP contribution in [-0.2, 0) is 6.42 Å². The number of halogens is 1. The molecule has 0 radical (unpaired) electrons. The standard InChI is InChI=1S/C29H27ClN2O2/c1-5-21-12-8-11-19(3)27(21)31-29(34)26-25(33)16-20(4)32(23-14-9-13-22(30)17-23)28(26)24-15-7-6-10-18(24)2/h6-17H,5H2,1-4H3,(H,31,34). The third-order valence-corrected chi connectivity index (χ3v) is 6.31. The summed E-state index contributed by atoms with van der Waals surface area (Å²) < 4.78 is 1.93. The van der Waals surface area contributed by atoms with Crippen molar-refractivity contribution in [3.8, 4) is 16.9 Å². The van der Waals surface area contributed by atoms with E-state index in [0.717, 1.165) is 40.0 Å². The quantitative estimate of drug-likeness (QED) is 0.345. The van der Waals surface area contributed by atoms with E-state index < -0.39 is 5.91 Å². The zero-order valence-electron chi connectivity index (χ0n) is 19.8. The summed E-state index contributed by atoms with van der Waals surface area (Å²) >= 11 is 6.31. The monoisotopic (exact) mass is 470 g/mol. The number of amides is 1. The Morgan fingerprint density at radius 3 is 2.32 bits per heavy atom. The van der Waals surface area contributed by atoms with Crippen LogP contribution >= 0.6 is 11.6 Å². The summed E-state index contributed by atoms with van der Waals surface area (Å²) in [5, 5.41) is 3.62. The van der Waals surface area contributed by atoms with E-state index in [2.05, 4.69) is 5.32 Å². The number of aryl methyl sites for hydroxylation is 4. The van der Waals surface area contributed by atoms with Gasteiger partial charge in [0, 0.05) is 33.7 Å². The van der Waals surface area contributed by atoms with Crippen LogP contribution in [0.5, 0.6) is 0 Å². The molecule has 0 spiro atoms. The van der Waals surface area contributed by atoms with Gasteiger partial charge in [0.05, 0.1) is 5.69 Å². The van der Waals surface area contributed by atoms with Gasteiger partial charge in [-0.15, -0.1) is 0 Å². The summed E-state index contributed by atoms with van der Waals surface area (Å²) in [5.74, 6) is -0.428. The number of hydrogen-bond donors (Lipinski definition) is 1. The Labute approximate surface area is 204 Å². The van der Waals surface area contributed by atoms with Gasteiger partial charge in [-0.3, -0.25) is 9.59 Å². The maximum Gasteiger partial charge on any atom is 0.261 e. The third kappa shape index (κ3) is 4.42. The van der Waals surface area contributed by atoms with Crippen LogP contribution in [0, 0.1) is 20.8 Å². The highest BCUT2D eigenvalue weighted by Gasteiger charge is 2.24. The van der Waals surface area contributed by atoms with Crippen LogP contribution in [0.2, 0.25) is 5.02 Å². The maximum atomic E-state index is 13.8. The van der Waals surface area contributed by atoms with Crippen molar-refractivity contribution in [3.63, 3.8) is 0 Å². The molecule has 5 heteroatoms. The lowest BCUT2D eigenvalue weighted by molar-refractivity contribution is 0.102. The molecule has 1 aromatic heterocycles. The Kier molecular flexibility index (Phi) is 6.71. The topological polar surface area (TPSA) is 51.1 Å². The first-order valence-corrected chi connectivity index (χ1v) is 11.7. The minimum atomic E-state index is -0.428. The molecule has 0 bridgehead atoms. The molecular formula is C29H27ClN2O2. The van der Waals surface area contributed by atoms with E-state index in [4.69, 9.17) is 11.6 Å². The van der Waals surface area contributed by atoms with Gasteiger partial charge in [-0.2, -0.15) is 0 Å². The van der Waals surface area contributed by atoms with E-state index in [1.165, 1.54) is 6.07 Å². The molecule has 0 saturated carbocycles. The molecule has 34 heavy (non-hydrogen) atoms. The van der Waals surface area contributed by atoms with Crippen molar-refractivity contribution in [2.45, 2.75) is 34.1 Å². The second-order valence-corrected chi connectivity index (χ2v) is 8.86. The first kappa shape index (κ1) is 23.5. The minimum absolute atomic E-state index is 0.102. The number of pyridine rings is 1. The molecule has 0 aliphatic heterocycles. The van der Waals surface area contributed by atoms with Crippen LogP contribution in [-0.4, -0.2) is 10.5 Å². The average Bonchev–Trinajstić information content (AvgIpc) is 2.80. The van der Waals surface area contributed by atoms with Crippen molar-refractivity contribution in [3.05, 3.63) is 116 Å². The number of rotatable bonds is 5. The molecule has 0 aliphatic rings. The predicted molar refractivity (Wildman–Crippen MR) is 140 cm³/mol. The van der Waals surface area contributed by atoms with Crippen LogP contribution in [0.4, 0.5) is 5.69 Å². The first-order chi connectivity index (χ1) is 16.3. The molecule has 1 heterocycles. The van der Waals surface area contributed by atoms with Gasteiger partial charge in [0.1, 0.15) is 5.56 Å². The number of benzene rings is 3. The fraction of sp³-hybridized carbons (Fsp3) is 0.172. The van der Waals surface area contributed by atoms with Gasteiger partial charge in [-0.05, 0) is 62.1 Å². The highest BCUT2D eigenvalue weighted by atomic mass is 35.5. The molecule has 4 aromatic rings. The number of carbonyl (C=O) groups is 1. The van der Waals surface area contributed by atoms with E-state index in [1.807, 2.05) is 92.9 Å². The van der Waals surface area contributed by atoms with E-state index >= 15 is 0 Å². The number of aromatic nitrogens is 1. The fourth-order valence-corrected chi connectivity index (χ4v) is 4.55. The zero-order chi connectivity index (χ0) is 24.4. The summed E-state index contributed by atoms with van der Waals surface area (Å²) in [6, 6.07) is 22.6. The van der Waals surface area contributed by atoms with Crippen LogP contribution in [0.3, 0.4) is 0 Å². The minimum Gasteiger partial charge on any atom is -0.321 e. The van der Waals surface area contributed by atoms with Crippen molar-refractivity contribution >= 4 is 23.2 Å². The first-order valence-electron chi connectivity index (χ1n) is 11.3. The van der Waals surface area contributed by atoms with Gasteiger partial charge >= 0.3 is 0 Å². The molecule has 1 amide bonds. The number of para-hydroxylation sites is 1. The lowest BCUT2D eigenvalue weighted by atomic mass is 9.98. The predicted octanol–water partition coefficient (Wildman–Crippen LogP) is 6.90. The molecule has 4 rings (SSSR count). The second-order valence-electron chi connectivity index (χ2n) is 8.42. The molecule has 0 saturated heterocycles. The van der Waals surface area contributed by atoms with Gasteiger partial charge < -0.3 is 9.88 Å². The summed E-state index contributed by atoms with van der Waals surface area (Å²) in [7, 11) is 0. The SMILES string of the molecule is CCc1cccc(C)c1NC(=O)c1c(-c2ccccc2C)n(-c2cccc(Cl)c2)c(C)cc1=O. The normalized spacial score (nSPS) is 10.9. The second kappa shape index (κ2) is 9.70. The van der Waals surface area contributed by atoms with Gasteiger partial charge in [0.25, 0.3) is 5.91 Å². The Bertz CT molecular complexity index is 1450. The molecule has 0 fully saturated rings. The largest absolute Gasteiger partial charge is 0.321 e. The molecule has 4 nitrogen and oxygen atoms in total. The molecule has 172 valence electrons. The highest BCUT2D eigenvalue weighted by molar-refractivity contribution is 6.30. The van der Waals surface area contributed by atoms with E-state index in [-0.39, 0.29) is 11.0 Å². The van der Waals surface area contributed by atoms with Gasteiger partial charge in [-0.1, -0.05) is 67.1 Å². The average molecular weight is 471 g/mol.